The maximum Gasteiger partial charge on any atom is 0.239 e. The Hall–Kier alpha value is -0.620. The van der Waals surface area contributed by atoms with Crippen LogP contribution in [-0.2, 0) is 4.79 Å². The molecular weight excluding hydrogens is 384 g/mol. The lowest BCUT2D eigenvalue weighted by atomic mass is 9.68. The van der Waals surface area contributed by atoms with Gasteiger partial charge in [-0.1, -0.05) is 39.3 Å². The molecule has 1 unspecified atom stereocenters. The second-order valence-electron chi connectivity index (χ2n) is 10.1. The number of amides is 1. The molecule has 4 atom stereocenters. The van der Waals surface area contributed by atoms with Crippen LogP contribution >= 0.6 is 11.6 Å². The average molecular weight is 427 g/mol. The van der Waals surface area contributed by atoms with Gasteiger partial charge in [0.25, 0.3) is 0 Å². The first-order chi connectivity index (χ1) is 13.7. The van der Waals surface area contributed by atoms with E-state index < -0.39 is 0 Å². The number of nitrogens with zero attached hydrogens (tertiary/aromatic N) is 1. The third kappa shape index (κ3) is 6.95. The van der Waals surface area contributed by atoms with Crippen LogP contribution < -0.4 is 16.8 Å². The number of halogens is 1. The van der Waals surface area contributed by atoms with E-state index in [1.807, 2.05) is 0 Å². The first-order valence-electron chi connectivity index (χ1n) is 11.5. The van der Waals surface area contributed by atoms with Crippen molar-refractivity contribution in [3.63, 3.8) is 0 Å². The van der Waals surface area contributed by atoms with E-state index in [0.29, 0.717) is 19.0 Å². The fraction of sp³-hybridized carbons (Fsp3) is 0.870. The van der Waals surface area contributed by atoms with Crippen LogP contribution in [-0.4, -0.2) is 54.4 Å². The van der Waals surface area contributed by atoms with Gasteiger partial charge in [0.15, 0.2) is 0 Å². The van der Waals surface area contributed by atoms with Crippen molar-refractivity contribution in [2.45, 2.75) is 83.7 Å². The molecular formula is C23H43ClN4O. The quantitative estimate of drug-likeness (QED) is 0.390. The lowest BCUT2D eigenvalue weighted by Crippen LogP contribution is -2.56. The molecule has 29 heavy (non-hydrogen) atoms. The Morgan fingerprint density at radius 2 is 2.10 bits per heavy atom. The summed E-state index contributed by atoms with van der Waals surface area (Å²) in [4.78, 5) is 15.4. The van der Waals surface area contributed by atoms with E-state index in [1.165, 1.54) is 0 Å². The lowest BCUT2D eigenvalue weighted by molar-refractivity contribution is -0.138. The van der Waals surface area contributed by atoms with Crippen molar-refractivity contribution < 1.29 is 4.79 Å². The summed E-state index contributed by atoms with van der Waals surface area (Å²) in [5, 5.41) is 3.74. The van der Waals surface area contributed by atoms with Gasteiger partial charge in [0.05, 0.1) is 6.04 Å². The Labute approximate surface area is 183 Å². The number of allylic oxidation sites excluding steroid dienone is 2. The summed E-state index contributed by atoms with van der Waals surface area (Å²) in [5.74, 6) is 0.994. The van der Waals surface area contributed by atoms with Crippen molar-refractivity contribution in [1.29, 1.82) is 0 Å². The second kappa shape index (κ2) is 11.1. The Morgan fingerprint density at radius 3 is 2.66 bits per heavy atom. The molecule has 2 aliphatic rings. The molecule has 1 aliphatic heterocycles. The predicted octanol–water partition coefficient (Wildman–Crippen LogP) is 3.26. The molecule has 0 aromatic heterocycles. The highest BCUT2D eigenvalue weighted by Crippen LogP contribution is 2.43. The van der Waals surface area contributed by atoms with Gasteiger partial charge in [0, 0.05) is 31.1 Å². The molecule has 0 bridgehead atoms. The average Bonchev–Trinajstić information content (AvgIpc) is 2.66. The van der Waals surface area contributed by atoms with E-state index in [9.17, 15) is 4.79 Å². The zero-order valence-electron chi connectivity index (χ0n) is 18.9. The Kier molecular flexibility index (Phi) is 9.46. The van der Waals surface area contributed by atoms with Gasteiger partial charge >= 0.3 is 0 Å². The number of alkyl halides is 1. The Morgan fingerprint density at radius 1 is 1.38 bits per heavy atom. The molecule has 0 aromatic rings. The maximum atomic E-state index is 13.4. The van der Waals surface area contributed by atoms with Crippen molar-refractivity contribution >= 4 is 17.5 Å². The van der Waals surface area contributed by atoms with E-state index >= 15 is 0 Å². The van der Waals surface area contributed by atoms with Crippen molar-refractivity contribution in [2.24, 2.45) is 28.7 Å². The SMILES string of the molecule is CC(C)[C@@H](NC[C@H](N)CCCN)C(=O)N1CC[C@H](C2=CCC(Cl)CC2)C(C)(C)C1. The van der Waals surface area contributed by atoms with Crippen LogP contribution in [0.2, 0.25) is 0 Å². The number of hydrogen-bond acceptors (Lipinski definition) is 4. The zero-order chi connectivity index (χ0) is 21.6. The number of carbonyl (C=O) groups excluding carboxylic acids is 1. The van der Waals surface area contributed by atoms with Gasteiger partial charge in [0.2, 0.25) is 5.91 Å². The fourth-order valence-electron chi connectivity index (χ4n) is 4.94. The lowest BCUT2D eigenvalue weighted by Gasteiger charge is -2.47. The topological polar surface area (TPSA) is 84.4 Å². The van der Waals surface area contributed by atoms with Crippen LogP contribution in [0.15, 0.2) is 11.6 Å². The molecule has 5 N–H and O–H groups in total. The number of nitrogens with one attached hydrogen (secondary N) is 1. The predicted molar refractivity (Wildman–Crippen MR) is 123 cm³/mol. The molecule has 168 valence electrons. The van der Waals surface area contributed by atoms with Gasteiger partial charge in [0.1, 0.15) is 0 Å². The van der Waals surface area contributed by atoms with Crippen LogP contribution in [0.5, 0.6) is 0 Å². The molecule has 1 fully saturated rings. The number of carbonyl (C=O) groups is 1. The largest absolute Gasteiger partial charge is 0.341 e. The number of nitrogens with two attached hydrogens (primary N) is 2. The molecule has 1 saturated heterocycles. The number of hydrogen-bond donors (Lipinski definition) is 3. The molecule has 0 aromatic carbocycles. The van der Waals surface area contributed by atoms with Gasteiger partial charge in [-0.05, 0) is 62.3 Å². The van der Waals surface area contributed by atoms with Crippen LogP contribution in [0.25, 0.3) is 0 Å². The molecule has 1 heterocycles. The molecule has 0 radical (unpaired) electrons. The molecule has 5 nitrogen and oxygen atoms in total. The van der Waals surface area contributed by atoms with E-state index in [4.69, 9.17) is 23.1 Å². The van der Waals surface area contributed by atoms with Crippen molar-refractivity contribution in [3.8, 4) is 0 Å². The normalized spacial score (nSPS) is 26.9. The fourth-order valence-corrected chi connectivity index (χ4v) is 5.13. The van der Waals surface area contributed by atoms with Crippen molar-refractivity contribution in [2.75, 3.05) is 26.2 Å². The van der Waals surface area contributed by atoms with E-state index in [1.54, 1.807) is 5.57 Å². The maximum absolute atomic E-state index is 13.4. The number of rotatable bonds is 9. The third-order valence-corrected chi connectivity index (χ3v) is 7.08. The van der Waals surface area contributed by atoms with E-state index in [-0.39, 0.29) is 34.7 Å². The van der Waals surface area contributed by atoms with E-state index in [2.05, 4.69) is 44.0 Å². The highest BCUT2D eigenvalue weighted by molar-refractivity contribution is 6.20. The van der Waals surface area contributed by atoms with Crippen LogP contribution in [0, 0.1) is 17.3 Å². The number of likely N-dealkylation sites (tertiary alicyclic amines) is 1. The van der Waals surface area contributed by atoms with Crippen LogP contribution in [0.3, 0.4) is 0 Å². The number of piperidine rings is 1. The molecule has 1 amide bonds. The molecule has 0 spiro atoms. The van der Waals surface area contributed by atoms with Gasteiger partial charge in [-0.15, -0.1) is 11.6 Å². The third-order valence-electron chi connectivity index (χ3n) is 6.68. The van der Waals surface area contributed by atoms with Crippen molar-refractivity contribution in [1.82, 2.24) is 10.2 Å². The summed E-state index contributed by atoms with van der Waals surface area (Å²) in [6.07, 6.45) is 8.38. The Bertz CT molecular complexity index is 563. The van der Waals surface area contributed by atoms with E-state index in [0.717, 1.165) is 51.6 Å². The highest BCUT2D eigenvalue weighted by atomic mass is 35.5. The van der Waals surface area contributed by atoms with Gasteiger partial charge in [-0.3, -0.25) is 4.79 Å². The second-order valence-corrected chi connectivity index (χ2v) is 10.7. The molecule has 6 heteroatoms. The summed E-state index contributed by atoms with van der Waals surface area (Å²) in [6, 6.07) is -0.143. The minimum absolute atomic E-state index is 0.0405. The standard InChI is InChI=1S/C23H43ClN4O/c1-16(2)21(27-14-19(26)6-5-12-25)22(29)28-13-11-20(23(3,4)15-28)17-7-9-18(24)10-8-17/h7,16,18-21,27H,5-6,8-15,25-26H2,1-4H3/t18?,19-,20-,21-/m1/s1. The first kappa shape index (κ1) is 24.6. The van der Waals surface area contributed by atoms with Crippen LogP contribution in [0.4, 0.5) is 0 Å². The van der Waals surface area contributed by atoms with Crippen molar-refractivity contribution in [3.05, 3.63) is 11.6 Å². The summed E-state index contributed by atoms with van der Waals surface area (Å²) >= 11 is 6.28. The van der Waals surface area contributed by atoms with Gasteiger partial charge < -0.3 is 21.7 Å². The van der Waals surface area contributed by atoms with Gasteiger partial charge in [-0.2, -0.15) is 0 Å². The summed E-state index contributed by atoms with van der Waals surface area (Å²) in [7, 11) is 0. The molecule has 0 saturated carbocycles. The molecule has 2 rings (SSSR count). The minimum atomic E-state index is -0.183. The minimum Gasteiger partial charge on any atom is -0.341 e. The highest BCUT2D eigenvalue weighted by Gasteiger charge is 2.41. The first-order valence-corrected chi connectivity index (χ1v) is 11.9. The Balaban J connectivity index is 1.97. The zero-order valence-corrected chi connectivity index (χ0v) is 19.7. The summed E-state index contributed by atoms with van der Waals surface area (Å²) in [5.41, 5.74) is 13.4. The summed E-state index contributed by atoms with van der Waals surface area (Å²) in [6.45, 7) is 11.8. The molecule has 1 aliphatic carbocycles. The smallest absolute Gasteiger partial charge is 0.239 e. The summed E-state index contributed by atoms with van der Waals surface area (Å²) < 4.78 is 0. The van der Waals surface area contributed by atoms with Gasteiger partial charge in [-0.25, -0.2) is 0 Å². The monoisotopic (exact) mass is 426 g/mol. The van der Waals surface area contributed by atoms with Crippen LogP contribution in [0.1, 0.15) is 66.2 Å².